The van der Waals surface area contributed by atoms with Crippen LogP contribution in [-0.2, 0) is 28.8 Å². The monoisotopic (exact) mass is 618 g/mol. The molecule has 7 amide bonds. The predicted octanol–water partition coefficient (Wildman–Crippen LogP) is -2.51. The minimum Gasteiger partial charge on any atom is -0.346 e. The molecule has 7 N–H and O–H groups in total. The van der Waals surface area contributed by atoms with Crippen molar-refractivity contribution in [2.75, 3.05) is 44.6 Å². The molecule has 0 atom stereocenters. The summed E-state index contributed by atoms with van der Waals surface area (Å²) in [7, 11) is 0. The van der Waals surface area contributed by atoms with Gasteiger partial charge in [-0.3, -0.25) is 48.5 Å². The van der Waals surface area contributed by atoms with E-state index in [1.165, 1.54) is 30.7 Å². The second kappa shape index (κ2) is 17.6. The largest absolute Gasteiger partial charge is 0.346 e. The first-order chi connectivity index (χ1) is 21.7. The van der Waals surface area contributed by atoms with Gasteiger partial charge in [-0.15, -0.1) is 0 Å². The number of nitrogens with zero attached hydrogens (tertiary/aromatic N) is 3. The number of aromatic nitrogens is 3. The zero-order valence-electron chi connectivity index (χ0n) is 23.8. The summed E-state index contributed by atoms with van der Waals surface area (Å²) in [4.78, 5) is 96.0. The molecule has 3 aromatic heterocycles. The zero-order valence-corrected chi connectivity index (χ0v) is 23.8. The van der Waals surface area contributed by atoms with E-state index >= 15 is 0 Å². The van der Waals surface area contributed by atoms with Crippen LogP contribution in [0, 0.1) is 0 Å². The van der Waals surface area contributed by atoms with E-state index in [2.05, 4.69) is 52.2 Å². The first kappa shape index (κ1) is 33.2. The fourth-order valence-electron chi connectivity index (χ4n) is 3.34. The maximum atomic E-state index is 12.4. The lowest BCUT2D eigenvalue weighted by Crippen LogP contribution is -2.46. The Morgan fingerprint density at radius 3 is 1.49 bits per heavy atom. The average Bonchev–Trinajstić information content (AvgIpc) is 3.06. The van der Waals surface area contributed by atoms with E-state index in [4.69, 9.17) is 0 Å². The summed E-state index contributed by atoms with van der Waals surface area (Å²) in [5.74, 6) is -4.33. The Kier molecular flexibility index (Phi) is 13.0. The van der Waals surface area contributed by atoms with Crippen LogP contribution in [0.15, 0.2) is 67.3 Å². The number of hydrogen-bond donors (Lipinski definition) is 7. The number of pyridine rings is 3. The molecule has 17 nitrogen and oxygen atoms in total. The highest BCUT2D eigenvalue weighted by Gasteiger charge is 2.13. The minimum atomic E-state index is -0.697. The molecule has 3 aromatic rings. The number of rotatable bonds is 15. The molecule has 3 heterocycles. The summed E-state index contributed by atoms with van der Waals surface area (Å²) in [6.07, 6.45) is 6.03. The molecule has 234 valence electrons. The van der Waals surface area contributed by atoms with Gasteiger partial charge in [0, 0.05) is 36.0 Å². The van der Waals surface area contributed by atoms with Crippen LogP contribution < -0.4 is 37.2 Å². The van der Waals surface area contributed by atoms with E-state index in [-0.39, 0.29) is 12.1 Å². The van der Waals surface area contributed by atoms with Crippen molar-refractivity contribution in [3.05, 3.63) is 72.8 Å². The summed E-state index contributed by atoms with van der Waals surface area (Å²) in [6, 6.07) is 11.4. The molecule has 0 aliphatic carbocycles. The van der Waals surface area contributed by atoms with Crippen LogP contribution in [0.3, 0.4) is 0 Å². The molecule has 17 heteroatoms. The maximum Gasteiger partial charge on any atom is 0.251 e. The highest BCUT2D eigenvalue weighted by Crippen LogP contribution is 2.14. The highest BCUT2D eigenvalue weighted by molar-refractivity contribution is 5.98. The molecular weight excluding hydrogens is 588 g/mol. The molecule has 0 saturated carbocycles. The lowest BCUT2D eigenvalue weighted by molar-refractivity contribution is -0.129. The Morgan fingerprint density at radius 2 is 0.978 bits per heavy atom. The van der Waals surface area contributed by atoms with Crippen molar-refractivity contribution in [1.29, 1.82) is 0 Å². The Morgan fingerprint density at radius 1 is 0.489 bits per heavy atom. The van der Waals surface area contributed by atoms with Crippen LogP contribution in [-0.4, -0.2) is 95.6 Å². The molecule has 0 aromatic carbocycles. The second-order valence-electron chi connectivity index (χ2n) is 9.00. The van der Waals surface area contributed by atoms with Crippen LogP contribution in [0.5, 0.6) is 0 Å². The number of carbonyl (C=O) groups excluding carboxylic acids is 7. The van der Waals surface area contributed by atoms with Gasteiger partial charge in [-0.1, -0.05) is 6.07 Å². The molecule has 0 aliphatic heterocycles. The first-order valence-electron chi connectivity index (χ1n) is 13.4. The molecule has 0 saturated heterocycles. The zero-order chi connectivity index (χ0) is 32.4. The lowest BCUT2D eigenvalue weighted by atomic mass is 10.1. The smallest absolute Gasteiger partial charge is 0.251 e. The molecule has 3 rings (SSSR count). The van der Waals surface area contributed by atoms with Gasteiger partial charge < -0.3 is 37.2 Å². The standard InChI is InChI=1S/C28H30N10O7/c39-22(32-13-23(40)34-15-25(42)36-17-27(44)38-19-5-8-29-9-6-19)12-33-24(41)14-35-26(43)16-37-28(45)18-4-10-31-21(11-18)20-3-1-2-7-30-20/h1-11H,12-17H2,(H,32,39)(H,33,41)(H,34,40)(H,35,43)(H,36,42)(H,37,45)(H,29,38,44). The van der Waals surface area contributed by atoms with E-state index in [1.807, 2.05) is 0 Å². The third-order valence-electron chi connectivity index (χ3n) is 5.55. The van der Waals surface area contributed by atoms with Gasteiger partial charge >= 0.3 is 0 Å². The van der Waals surface area contributed by atoms with Crippen LogP contribution in [0.25, 0.3) is 11.4 Å². The van der Waals surface area contributed by atoms with E-state index in [0.717, 1.165) is 0 Å². The third kappa shape index (κ3) is 12.6. The van der Waals surface area contributed by atoms with Crippen LogP contribution >= 0.6 is 0 Å². The number of carbonyl (C=O) groups is 7. The van der Waals surface area contributed by atoms with Gasteiger partial charge in [0.1, 0.15) is 0 Å². The van der Waals surface area contributed by atoms with Gasteiger partial charge in [-0.25, -0.2) is 0 Å². The molecule has 0 radical (unpaired) electrons. The molecule has 0 spiro atoms. The summed E-state index contributed by atoms with van der Waals surface area (Å²) < 4.78 is 0. The fraction of sp³-hybridized carbons (Fsp3) is 0.214. The first-order valence-corrected chi connectivity index (χ1v) is 13.4. The van der Waals surface area contributed by atoms with E-state index in [1.54, 1.807) is 36.5 Å². The average molecular weight is 619 g/mol. The van der Waals surface area contributed by atoms with Gasteiger partial charge in [-0.05, 0) is 36.4 Å². The summed E-state index contributed by atoms with van der Waals surface area (Å²) in [5.41, 5.74) is 1.83. The molecule has 0 unspecified atom stereocenters. The predicted molar refractivity (Wildman–Crippen MR) is 158 cm³/mol. The van der Waals surface area contributed by atoms with Gasteiger partial charge in [0.15, 0.2) is 0 Å². The van der Waals surface area contributed by atoms with Crippen molar-refractivity contribution >= 4 is 47.0 Å². The quantitative estimate of drug-likeness (QED) is 0.0943. The van der Waals surface area contributed by atoms with Crippen molar-refractivity contribution in [3.63, 3.8) is 0 Å². The summed E-state index contributed by atoms with van der Waals surface area (Å²) in [5, 5.41) is 16.4. The molecular formula is C28H30N10O7. The Hall–Kier alpha value is -6.26. The SMILES string of the molecule is O=C(CNC(=O)CNC(=O)CNC(=O)c1ccnc(-c2ccccn2)c1)NCC(=O)NCC(=O)NCC(=O)Nc1ccncc1. The number of anilines is 1. The molecule has 0 bridgehead atoms. The Bertz CT molecular complexity index is 1520. The van der Waals surface area contributed by atoms with Crippen molar-refractivity contribution in [3.8, 4) is 11.4 Å². The number of hydrogen-bond acceptors (Lipinski definition) is 10. The number of amides is 7. The highest BCUT2D eigenvalue weighted by atomic mass is 16.2. The maximum absolute atomic E-state index is 12.4. The normalized spacial score (nSPS) is 10.0. The van der Waals surface area contributed by atoms with Gasteiger partial charge in [-0.2, -0.15) is 0 Å². The fourth-order valence-corrected chi connectivity index (χ4v) is 3.34. The van der Waals surface area contributed by atoms with Crippen molar-refractivity contribution in [1.82, 2.24) is 46.9 Å². The van der Waals surface area contributed by atoms with Crippen LogP contribution in [0.2, 0.25) is 0 Å². The van der Waals surface area contributed by atoms with Crippen LogP contribution in [0.1, 0.15) is 10.4 Å². The van der Waals surface area contributed by atoms with Crippen molar-refractivity contribution in [2.45, 2.75) is 0 Å². The van der Waals surface area contributed by atoms with Crippen molar-refractivity contribution < 1.29 is 33.6 Å². The lowest BCUT2D eigenvalue weighted by Gasteiger charge is -2.10. The minimum absolute atomic E-state index is 0.265. The topological polar surface area (TPSA) is 242 Å². The van der Waals surface area contributed by atoms with Gasteiger partial charge in [0.05, 0.1) is 50.7 Å². The van der Waals surface area contributed by atoms with Crippen LogP contribution in [0.4, 0.5) is 5.69 Å². The molecule has 0 fully saturated rings. The summed E-state index contributed by atoms with van der Waals surface area (Å²) >= 11 is 0. The van der Waals surface area contributed by atoms with Crippen molar-refractivity contribution in [2.24, 2.45) is 0 Å². The third-order valence-corrected chi connectivity index (χ3v) is 5.55. The van der Waals surface area contributed by atoms with E-state index in [0.29, 0.717) is 17.1 Å². The van der Waals surface area contributed by atoms with Gasteiger partial charge in [0.2, 0.25) is 35.4 Å². The molecule has 45 heavy (non-hydrogen) atoms. The molecule has 0 aliphatic rings. The Labute approximate surface area is 256 Å². The summed E-state index contributed by atoms with van der Waals surface area (Å²) in [6.45, 7) is -2.56. The Balaban J connectivity index is 1.23. The van der Waals surface area contributed by atoms with E-state index in [9.17, 15) is 33.6 Å². The second-order valence-corrected chi connectivity index (χ2v) is 9.00. The van der Waals surface area contributed by atoms with E-state index < -0.39 is 74.1 Å². The van der Waals surface area contributed by atoms with Gasteiger partial charge in [0.25, 0.3) is 5.91 Å². The number of nitrogens with one attached hydrogen (secondary N) is 7.